The van der Waals surface area contributed by atoms with E-state index in [0.717, 1.165) is 6.42 Å². The second kappa shape index (κ2) is 15.8. The summed E-state index contributed by atoms with van der Waals surface area (Å²) in [6, 6.07) is 0. The van der Waals surface area contributed by atoms with Gasteiger partial charge in [0.05, 0.1) is 0 Å². The van der Waals surface area contributed by atoms with Crippen molar-refractivity contribution in [2.24, 2.45) is 0 Å². The van der Waals surface area contributed by atoms with Crippen LogP contribution in [0.25, 0.3) is 0 Å². The Hall–Kier alpha value is -0.520. The summed E-state index contributed by atoms with van der Waals surface area (Å²) < 4.78 is 0. The molecule has 0 saturated carbocycles. The first-order chi connectivity index (χ1) is 4.83. The van der Waals surface area contributed by atoms with Crippen LogP contribution < -0.4 is 0 Å². The molecule has 0 aliphatic rings. The smallest absolute Gasteiger partial charge is 0.0379 e. The molecule has 0 heteroatoms. The van der Waals surface area contributed by atoms with Gasteiger partial charge in [0.25, 0.3) is 0 Å². The lowest BCUT2D eigenvalue weighted by Gasteiger charge is -1.72. The lowest BCUT2D eigenvalue weighted by Crippen LogP contribution is -1.51. The molecule has 0 radical (unpaired) electrons. The van der Waals surface area contributed by atoms with E-state index in [0.29, 0.717) is 0 Å². The van der Waals surface area contributed by atoms with E-state index in [9.17, 15) is 0 Å². The van der Waals surface area contributed by atoms with Crippen molar-refractivity contribution in [3.63, 3.8) is 0 Å². The summed E-state index contributed by atoms with van der Waals surface area (Å²) in [5.41, 5.74) is 0. The zero-order chi connectivity index (χ0) is 8.24. The van der Waals surface area contributed by atoms with Gasteiger partial charge in [-0.3, -0.25) is 0 Å². The third kappa shape index (κ3) is 25.9. The van der Waals surface area contributed by atoms with Crippen LogP contribution in [0, 0.1) is 0 Å². The van der Waals surface area contributed by atoms with Crippen LogP contribution in [0.4, 0.5) is 0 Å². The van der Waals surface area contributed by atoms with Crippen LogP contribution in [0.1, 0.15) is 40.0 Å². The molecule has 0 bridgehead atoms. The molecule has 0 spiro atoms. The van der Waals surface area contributed by atoms with E-state index >= 15 is 0 Å². The zero-order valence-electron chi connectivity index (χ0n) is 7.56. The third-order valence-corrected chi connectivity index (χ3v) is 0.927. The Bertz CT molecular complexity index is 64.1. The fraction of sp³-hybridized carbons (Fsp3) is 0.600. The van der Waals surface area contributed by atoms with Gasteiger partial charge in [-0.15, -0.1) is 6.58 Å². The molecule has 0 heterocycles. The molecule has 0 aromatic heterocycles. The van der Waals surface area contributed by atoms with Crippen LogP contribution in [-0.4, -0.2) is 0 Å². The number of rotatable bonds is 3. The van der Waals surface area contributed by atoms with E-state index in [-0.39, 0.29) is 0 Å². The fourth-order valence-corrected chi connectivity index (χ4v) is 0.333. The summed E-state index contributed by atoms with van der Waals surface area (Å²) in [7, 11) is 0. The first-order valence-electron chi connectivity index (χ1n) is 4.09. The molecular weight excluding hydrogens is 120 g/mol. The van der Waals surface area contributed by atoms with Crippen LogP contribution >= 0.6 is 0 Å². The van der Waals surface area contributed by atoms with E-state index in [2.05, 4.69) is 39.5 Å². The van der Waals surface area contributed by atoms with E-state index < -0.39 is 0 Å². The molecule has 0 nitrogen and oxygen atoms in total. The summed E-state index contributed by atoms with van der Waals surface area (Å²) >= 11 is 0. The fourth-order valence-electron chi connectivity index (χ4n) is 0.333. The molecule has 0 aromatic rings. The van der Waals surface area contributed by atoms with Gasteiger partial charge in [-0.25, -0.2) is 0 Å². The molecule has 0 fully saturated rings. The molecule has 0 N–H and O–H groups in total. The molecule has 0 saturated heterocycles. The first-order valence-corrected chi connectivity index (χ1v) is 4.09. The van der Waals surface area contributed by atoms with Crippen LogP contribution in [0.3, 0.4) is 0 Å². The molecule has 60 valence electrons. The number of hydrogen-bond acceptors (Lipinski definition) is 0. The highest BCUT2D eigenvalue weighted by Crippen LogP contribution is 1.81. The average Bonchev–Trinajstić information content (AvgIpc) is 2.01. The van der Waals surface area contributed by atoms with Gasteiger partial charge in [-0.2, -0.15) is 0 Å². The molecule has 0 unspecified atom stereocenters. The molecule has 0 aliphatic carbocycles. The van der Waals surface area contributed by atoms with Crippen molar-refractivity contribution >= 4 is 0 Å². The SMILES string of the molecule is C=CCC.CC/C=C/CC. The topological polar surface area (TPSA) is 0 Å². The van der Waals surface area contributed by atoms with Crippen LogP contribution in [0.5, 0.6) is 0 Å². The highest BCUT2D eigenvalue weighted by atomic mass is 13.7. The van der Waals surface area contributed by atoms with E-state index in [4.69, 9.17) is 0 Å². The molecule has 0 atom stereocenters. The Labute approximate surface area is 65.7 Å². The predicted octanol–water partition coefficient (Wildman–Crippen LogP) is 3.95. The summed E-state index contributed by atoms with van der Waals surface area (Å²) in [5, 5.41) is 0. The van der Waals surface area contributed by atoms with Crippen molar-refractivity contribution in [3.8, 4) is 0 Å². The van der Waals surface area contributed by atoms with Gasteiger partial charge in [-0.1, -0.05) is 39.0 Å². The first kappa shape index (κ1) is 12.2. The Morgan fingerprint density at radius 1 is 0.900 bits per heavy atom. The minimum atomic E-state index is 1.08. The average molecular weight is 140 g/mol. The third-order valence-electron chi connectivity index (χ3n) is 0.927. The highest BCUT2D eigenvalue weighted by molar-refractivity contribution is 4.77. The van der Waals surface area contributed by atoms with Gasteiger partial charge in [0.1, 0.15) is 0 Å². The Kier molecular flexibility index (Phi) is 19.3. The normalized spacial score (nSPS) is 8.70. The number of allylic oxidation sites excluding steroid dienone is 3. The van der Waals surface area contributed by atoms with Crippen LogP contribution in [0.2, 0.25) is 0 Å². The van der Waals surface area contributed by atoms with Gasteiger partial charge in [0.2, 0.25) is 0 Å². The van der Waals surface area contributed by atoms with E-state index in [1.54, 1.807) is 0 Å². The molecule has 0 rings (SSSR count). The Morgan fingerprint density at radius 2 is 1.20 bits per heavy atom. The monoisotopic (exact) mass is 140 g/mol. The van der Waals surface area contributed by atoms with Crippen molar-refractivity contribution in [2.45, 2.75) is 40.0 Å². The summed E-state index contributed by atoms with van der Waals surface area (Å²) in [6.45, 7) is 9.83. The van der Waals surface area contributed by atoms with Gasteiger partial charge < -0.3 is 0 Å². The molecule has 0 aliphatic heterocycles. The molecular formula is C10H20. The molecule has 0 aromatic carbocycles. The maximum atomic E-state index is 3.48. The maximum Gasteiger partial charge on any atom is -0.0379 e. The summed E-state index contributed by atoms with van der Waals surface area (Å²) in [6.07, 6.45) is 9.67. The predicted molar refractivity (Wildman–Crippen MR) is 50.2 cm³/mol. The highest BCUT2D eigenvalue weighted by Gasteiger charge is 1.60. The quantitative estimate of drug-likeness (QED) is 0.521. The van der Waals surface area contributed by atoms with Gasteiger partial charge in [0, 0.05) is 0 Å². The van der Waals surface area contributed by atoms with E-state index in [1.807, 2.05) is 6.08 Å². The minimum Gasteiger partial charge on any atom is -0.103 e. The Balaban J connectivity index is 0. The van der Waals surface area contributed by atoms with Crippen molar-refractivity contribution < 1.29 is 0 Å². The number of hydrogen-bond donors (Lipinski definition) is 0. The molecule has 0 amide bonds. The van der Waals surface area contributed by atoms with Crippen molar-refractivity contribution in [2.75, 3.05) is 0 Å². The standard InChI is InChI=1S/C6H12.C4H8/c1-3-5-6-4-2;1-3-4-2/h5-6H,3-4H2,1-2H3;3H,1,4H2,2H3/b6-5+;. The lowest BCUT2D eigenvalue weighted by molar-refractivity contribution is 1.16. The summed E-state index contributed by atoms with van der Waals surface area (Å²) in [4.78, 5) is 0. The minimum absolute atomic E-state index is 1.08. The Morgan fingerprint density at radius 3 is 1.30 bits per heavy atom. The van der Waals surface area contributed by atoms with Crippen LogP contribution in [0.15, 0.2) is 24.8 Å². The van der Waals surface area contributed by atoms with E-state index in [1.165, 1.54) is 12.8 Å². The zero-order valence-corrected chi connectivity index (χ0v) is 7.56. The maximum absolute atomic E-state index is 3.48. The second-order valence-electron chi connectivity index (χ2n) is 1.98. The van der Waals surface area contributed by atoms with Crippen LogP contribution in [-0.2, 0) is 0 Å². The second-order valence-corrected chi connectivity index (χ2v) is 1.98. The lowest BCUT2D eigenvalue weighted by atomic mass is 10.4. The van der Waals surface area contributed by atoms with Gasteiger partial charge >= 0.3 is 0 Å². The summed E-state index contributed by atoms with van der Waals surface area (Å²) in [5.74, 6) is 0. The van der Waals surface area contributed by atoms with Gasteiger partial charge in [0.15, 0.2) is 0 Å². The van der Waals surface area contributed by atoms with Crippen molar-refractivity contribution in [3.05, 3.63) is 24.8 Å². The van der Waals surface area contributed by atoms with Gasteiger partial charge in [-0.05, 0) is 19.3 Å². The largest absolute Gasteiger partial charge is 0.103 e. The molecule has 10 heavy (non-hydrogen) atoms. The van der Waals surface area contributed by atoms with Crippen molar-refractivity contribution in [1.82, 2.24) is 0 Å². The van der Waals surface area contributed by atoms with Crippen molar-refractivity contribution in [1.29, 1.82) is 0 Å².